The zero-order valence-electron chi connectivity index (χ0n) is 11.7. The first-order chi connectivity index (χ1) is 9.86. The van der Waals surface area contributed by atoms with E-state index >= 15 is 0 Å². The van der Waals surface area contributed by atoms with Gasteiger partial charge in [0.25, 0.3) is 0 Å². The number of methoxy groups -OCH3 is 1. The van der Waals surface area contributed by atoms with Crippen molar-refractivity contribution in [3.8, 4) is 5.75 Å². The summed E-state index contributed by atoms with van der Waals surface area (Å²) in [4.78, 5) is 9.08. The van der Waals surface area contributed by atoms with E-state index in [2.05, 4.69) is 21.4 Å². The van der Waals surface area contributed by atoms with Gasteiger partial charge in [-0.15, -0.1) is 0 Å². The quantitative estimate of drug-likeness (QED) is 0.926. The summed E-state index contributed by atoms with van der Waals surface area (Å²) < 4.78 is 5.36. The van der Waals surface area contributed by atoms with E-state index in [4.69, 9.17) is 4.74 Å². The molecule has 4 nitrogen and oxygen atoms in total. The van der Waals surface area contributed by atoms with Gasteiger partial charge in [0.2, 0.25) is 0 Å². The Kier molecular flexibility index (Phi) is 3.92. The maximum Gasteiger partial charge on any atom is 0.122 e. The average Bonchev–Trinajstić information content (AvgIpc) is 3.03. The van der Waals surface area contributed by atoms with Gasteiger partial charge in [-0.2, -0.15) is 0 Å². The molecule has 1 fully saturated rings. The van der Waals surface area contributed by atoms with Crippen LogP contribution in [0.15, 0.2) is 36.7 Å². The minimum atomic E-state index is 0.378. The number of aromatic nitrogens is 2. The Morgan fingerprint density at radius 1 is 1.25 bits per heavy atom. The molecule has 1 saturated heterocycles. The van der Waals surface area contributed by atoms with E-state index in [0.717, 1.165) is 42.1 Å². The van der Waals surface area contributed by atoms with Crippen molar-refractivity contribution in [2.75, 3.05) is 13.7 Å². The molecule has 20 heavy (non-hydrogen) atoms. The normalized spacial score (nSPS) is 18.1. The third-order valence-electron chi connectivity index (χ3n) is 3.71. The van der Waals surface area contributed by atoms with Crippen molar-refractivity contribution in [3.63, 3.8) is 0 Å². The summed E-state index contributed by atoms with van der Waals surface area (Å²) in [6, 6.07) is 8.40. The molecule has 1 aliphatic heterocycles. The van der Waals surface area contributed by atoms with Gasteiger partial charge in [0.1, 0.15) is 5.75 Å². The van der Waals surface area contributed by atoms with Gasteiger partial charge in [0, 0.05) is 18.2 Å². The Hall–Kier alpha value is -1.94. The lowest BCUT2D eigenvalue weighted by molar-refractivity contribution is 0.410. The van der Waals surface area contributed by atoms with Crippen LogP contribution in [0.3, 0.4) is 0 Å². The predicted molar refractivity (Wildman–Crippen MR) is 77.8 cm³/mol. The maximum atomic E-state index is 5.36. The van der Waals surface area contributed by atoms with E-state index in [1.54, 1.807) is 7.11 Å². The monoisotopic (exact) mass is 269 g/mol. The molecule has 0 unspecified atom stereocenters. The summed E-state index contributed by atoms with van der Waals surface area (Å²) in [5.74, 6) is 0.899. The summed E-state index contributed by atoms with van der Waals surface area (Å²) in [5, 5.41) is 3.44. The fourth-order valence-corrected chi connectivity index (χ4v) is 2.62. The highest BCUT2D eigenvalue weighted by Gasteiger charge is 2.17. The van der Waals surface area contributed by atoms with Crippen LogP contribution in [0.5, 0.6) is 5.75 Å². The molecule has 0 bridgehead atoms. The van der Waals surface area contributed by atoms with Gasteiger partial charge in [-0.05, 0) is 25.5 Å². The zero-order valence-corrected chi connectivity index (χ0v) is 11.7. The van der Waals surface area contributed by atoms with Crippen LogP contribution in [0.2, 0.25) is 0 Å². The molecule has 0 saturated carbocycles. The number of hydrogen-bond donors (Lipinski definition) is 1. The molecule has 104 valence electrons. The topological polar surface area (TPSA) is 47.0 Å². The highest BCUT2D eigenvalue weighted by atomic mass is 16.5. The molecule has 0 spiro atoms. The molecule has 2 aromatic rings. The Morgan fingerprint density at radius 2 is 2.15 bits per heavy atom. The van der Waals surface area contributed by atoms with Gasteiger partial charge < -0.3 is 10.1 Å². The largest absolute Gasteiger partial charge is 0.496 e. The van der Waals surface area contributed by atoms with Crippen LogP contribution in [-0.4, -0.2) is 23.6 Å². The molecular formula is C16H19N3O. The smallest absolute Gasteiger partial charge is 0.122 e. The number of nitrogens with one attached hydrogen (secondary N) is 1. The fourth-order valence-electron chi connectivity index (χ4n) is 2.62. The van der Waals surface area contributed by atoms with Gasteiger partial charge >= 0.3 is 0 Å². The highest BCUT2D eigenvalue weighted by Crippen LogP contribution is 2.22. The van der Waals surface area contributed by atoms with Crippen molar-refractivity contribution in [3.05, 3.63) is 53.6 Å². The second kappa shape index (κ2) is 6.01. The Bertz CT molecular complexity index is 562. The maximum absolute atomic E-state index is 5.36. The molecule has 0 radical (unpaired) electrons. The standard InChI is InChI=1S/C16H19N3O/c1-20-16-7-3-2-5-12(16)9-13-10-19-15(11-18-13)14-6-4-8-17-14/h2-3,5,7,10-11,14,17H,4,6,8-9H2,1H3/t14-/m1/s1. The predicted octanol–water partition coefficient (Wildman–Crippen LogP) is 2.50. The van der Waals surface area contributed by atoms with E-state index in [9.17, 15) is 0 Å². The summed E-state index contributed by atoms with van der Waals surface area (Å²) in [6.07, 6.45) is 6.89. The van der Waals surface area contributed by atoms with Crippen LogP contribution in [0.1, 0.15) is 35.8 Å². The van der Waals surface area contributed by atoms with Crippen molar-refractivity contribution >= 4 is 0 Å². The van der Waals surface area contributed by atoms with Crippen molar-refractivity contribution in [2.24, 2.45) is 0 Å². The number of ether oxygens (including phenoxy) is 1. The van der Waals surface area contributed by atoms with E-state index in [0.29, 0.717) is 6.04 Å². The minimum Gasteiger partial charge on any atom is -0.496 e. The van der Waals surface area contributed by atoms with E-state index in [1.165, 1.54) is 6.42 Å². The fraction of sp³-hybridized carbons (Fsp3) is 0.375. The van der Waals surface area contributed by atoms with Gasteiger partial charge in [0.05, 0.1) is 30.7 Å². The SMILES string of the molecule is COc1ccccc1Cc1cnc([C@H]2CCCN2)cn1. The van der Waals surface area contributed by atoms with Gasteiger partial charge in [0.15, 0.2) is 0 Å². The summed E-state index contributed by atoms with van der Waals surface area (Å²) in [6.45, 7) is 1.08. The molecule has 1 N–H and O–H groups in total. The average molecular weight is 269 g/mol. The molecule has 4 heteroatoms. The lowest BCUT2D eigenvalue weighted by Gasteiger charge is -2.10. The van der Waals surface area contributed by atoms with Crippen LogP contribution >= 0.6 is 0 Å². The van der Waals surface area contributed by atoms with Crippen LogP contribution in [0.25, 0.3) is 0 Å². The first-order valence-corrected chi connectivity index (χ1v) is 7.03. The third kappa shape index (κ3) is 2.80. The number of benzene rings is 1. The van der Waals surface area contributed by atoms with Gasteiger partial charge in [-0.25, -0.2) is 0 Å². The Balaban J connectivity index is 1.74. The van der Waals surface area contributed by atoms with E-state index < -0.39 is 0 Å². The Labute approximate surface area is 119 Å². The Morgan fingerprint density at radius 3 is 2.85 bits per heavy atom. The second-order valence-corrected chi connectivity index (χ2v) is 5.07. The van der Waals surface area contributed by atoms with Gasteiger partial charge in [-0.1, -0.05) is 18.2 Å². The summed E-state index contributed by atoms with van der Waals surface area (Å²) in [7, 11) is 1.69. The highest BCUT2D eigenvalue weighted by molar-refractivity contribution is 5.35. The zero-order chi connectivity index (χ0) is 13.8. The molecule has 0 aliphatic carbocycles. The van der Waals surface area contributed by atoms with Crippen molar-refractivity contribution in [1.82, 2.24) is 15.3 Å². The number of hydrogen-bond acceptors (Lipinski definition) is 4. The number of nitrogens with zero attached hydrogens (tertiary/aromatic N) is 2. The number of para-hydroxylation sites is 1. The number of rotatable bonds is 4. The molecular weight excluding hydrogens is 250 g/mol. The van der Waals surface area contributed by atoms with Gasteiger partial charge in [-0.3, -0.25) is 9.97 Å². The molecule has 1 atom stereocenters. The molecule has 3 rings (SSSR count). The summed E-state index contributed by atoms with van der Waals surface area (Å²) in [5.41, 5.74) is 3.15. The van der Waals surface area contributed by atoms with E-state index in [1.807, 2.05) is 30.6 Å². The van der Waals surface area contributed by atoms with Crippen LogP contribution < -0.4 is 10.1 Å². The van der Waals surface area contributed by atoms with Crippen molar-refractivity contribution in [1.29, 1.82) is 0 Å². The minimum absolute atomic E-state index is 0.378. The van der Waals surface area contributed by atoms with Crippen LogP contribution in [0, 0.1) is 0 Å². The lowest BCUT2D eigenvalue weighted by atomic mass is 10.1. The molecule has 1 aromatic carbocycles. The molecule has 2 heterocycles. The third-order valence-corrected chi connectivity index (χ3v) is 3.71. The van der Waals surface area contributed by atoms with Crippen molar-refractivity contribution in [2.45, 2.75) is 25.3 Å². The molecule has 1 aliphatic rings. The molecule has 0 amide bonds. The second-order valence-electron chi connectivity index (χ2n) is 5.07. The van der Waals surface area contributed by atoms with Crippen LogP contribution in [-0.2, 0) is 6.42 Å². The van der Waals surface area contributed by atoms with Crippen LogP contribution in [0.4, 0.5) is 0 Å². The first kappa shape index (κ1) is 13.1. The molecule has 1 aromatic heterocycles. The lowest BCUT2D eigenvalue weighted by Crippen LogP contribution is -2.14. The van der Waals surface area contributed by atoms with E-state index in [-0.39, 0.29) is 0 Å². The van der Waals surface area contributed by atoms with Crippen molar-refractivity contribution < 1.29 is 4.74 Å². The first-order valence-electron chi connectivity index (χ1n) is 7.03. The summed E-state index contributed by atoms with van der Waals surface area (Å²) >= 11 is 0.